The summed E-state index contributed by atoms with van der Waals surface area (Å²) in [6, 6.07) is 12.1. The van der Waals surface area contributed by atoms with E-state index in [1.807, 2.05) is 0 Å². The molecular weight excluding hydrogens is 478 g/mol. The van der Waals surface area contributed by atoms with Gasteiger partial charge < -0.3 is 21.3 Å². The van der Waals surface area contributed by atoms with Crippen molar-refractivity contribution >= 4 is 23.5 Å². The molecule has 2 aromatic rings. The number of nitrogens with zero attached hydrogens (tertiary/aromatic N) is 3. The van der Waals surface area contributed by atoms with Crippen LogP contribution in [0.3, 0.4) is 0 Å². The van der Waals surface area contributed by atoms with Crippen molar-refractivity contribution in [3.63, 3.8) is 0 Å². The standard InChI is InChI=1S/C29H39N7S/c1-37-25-5-3-2-4-20(25)16-32-28-33-17-23(15-30)27(36-28)34-18-29-12-19-10-21(13-29)26(22(11-19)14-29)35-24-6-8-31-9-7-24/h2-5,17,19,21-22,24,26,31,35H,6-14,16,18H2,1H3,(H2,32,33,34,36)/t19?,21-,22+,26-,29-. The molecule has 8 heteroatoms. The smallest absolute Gasteiger partial charge is 0.224 e. The van der Waals surface area contributed by atoms with E-state index < -0.39 is 0 Å². The van der Waals surface area contributed by atoms with Gasteiger partial charge in [-0.1, -0.05) is 18.2 Å². The second-order valence-electron chi connectivity index (χ2n) is 11.8. The summed E-state index contributed by atoms with van der Waals surface area (Å²) in [4.78, 5) is 10.4. The number of anilines is 2. The monoisotopic (exact) mass is 517 g/mol. The molecule has 1 aliphatic heterocycles. The second kappa shape index (κ2) is 10.8. The van der Waals surface area contributed by atoms with Crippen LogP contribution in [0.2, 0.25) is 0 Å². The van der Waals surface area contributed by atoms with Gasteiger partial charge in [-0.15, -0.1) is 11.8 Å². The molecule has 4 N–H and O–H groups in total. The molecule has 0 radical (unpaired) electrons. The number of rotatable bonds is 9. The molecule has 1 saturated heterocycles. The molecule has 5 aliphatic rings. The number of piperidine rings is 1. The van der Waals surface area contributed by atoms with Gasteiger partial charge in [0.15, 0.2) is 0 Å². The van der Waals surface area contributed by atoms with Gasteiger partial charge in [-0.2, -0.15) is 10.2 Å². The van der Waals surface area contributed by atoms with E-state index in [9.17, 15) is 5.26 Å². The fourth-order valence-corrected chi connectivity index (χ4v) is 8.54. The highest BCUT2D eigenvalue weighted by molar-refractivity contribution is 7.98. The molecule has 37 heavy (non-hydrogen) atoms. The lowest BCUT2D eigenvalue weighted by molar-refractivity contribution is -0.0727. The number of hydrogen-bond donors (Lipinski definition) is 4. The third-order valence-electron chi connectivity index (χ3n) is 9.34. The molecule has 7 rings (SSSR count). The van der Waals surface area contributed by atoms with Crippen LogP contribution < -0.4 is 21.3 Å². The highest BCUT2D eigenvalue weighted by Crippen LogP contribution is 2.60. The Bertz CT molecular complexity index is 1130. The maximum absolute atomic E-state index is 9.73. The van der Waals surface area contributed by atoms with E-state index in [0.717, 1.165) is 37.4 Å². The molecule has 0 spiro atoms. The molecule has 5 fully saturated rings. The van der Waals surface area contributed by atoms with Gasteiger partial charge in [0.25, 0.3) is 0 Å². The van der Waals surface area contributed by atoms with E-state index >= 15 is 0 Å². The van der Waals surface area contributed by atoms with Crippen molar-refractivity contribution in [2.24, 2.45) is 23.2 Å². The lowest BCUT2D eigenvalue weighted by Crippen LogP contribution is -2.61. The Labute approximate surface area is 225 Å². The van der Waals surface area contributed by atoms with Gasteiger partial charge >= 0.3 is 0 Å². The van der Waals surface area contributed by atoms with E-state index in [1.165, 1.54) is 55.4 Å². The van der Waals surface area contributed by atoms with E-state index in [-0.39, 0.29) is 0 Å². The molecular formula is C29H39N7S. The van der Waals surface area contributed by atoms with Crippen molar-refractivity contribution in [2.45, 2.75) is 68.5 Å². The molecule has 0 amide bonds. The fraction of sp³-hybridized carbons (Fsp3) is 0.621. The third-order valence-corrected chi connectivity index (χ3v) is 10.2. The largest absolute Gasteiger partial charge is 0.368 e. The Hall–Kier alpha value is -2.34. The highest BCUT2D eigenvalue weighted by Gasteiger charge is 2.55. The fourth-order valence-electron chi connectivity index (χ4n) is 7.92. The predicted octanol–water partition coefficient (Wildman–Crippen LogP) is 4.63. The summed E-state index contributed by atoms with van der Waals surface area (Å²) in [5.74, 6) is 3.67. The van der Waals surface area contributed by atoms with Crippen LogP contribution in [-0.2, 0) is 6.54 Å². The number of aromatic nitrogens is 2. The summed E-state index contributed by atoms with van der Waals surface area (Å²) in [6.45, 7) is 3.86. The Morgan fingerprint density at radius 1 is 1.11 bits per heavy atom. The Balaban J connectivity index is 1.11. The summed E-state index contributed by atoms with van der Waals surface area (Å²) in [5, 5.41) is 24.4. The van der Waals surface area contributed by atoms with E-state index in [0.29, 0.717) is 41.4 Å². The molecule has 1 unspecified atom stereocenters. The van der Waals surface area contributed by atoms with Crippen molar-refractivity contribution in [3.05, 3.63) is 41.6 Å². The Morgan fingerprint density at radius 2 is 1.89 bits per heavy atom. The Kier molecular flexibility index (Phi) is 7.29. The molecule has 4 saturated carbocycles. The zero-order valence-electron chi connectivity index (χ0n) is 21.8. The van der Waals surface area contributed by atoms with Crippen molar-refractivity contribution in [3.8, 4) is 6.07 Å². The minimum Gasteiger partial charge on any atom is -0.368 e. The molecule has 4 bridgehead atoms. The molecule has 7 nitrogen and oxygen atoms in total. The molecule has 4 aliphatic carbocycles. The van der Waals surface area contributed by atoms with Gasteiger partial charge in [-0.25, -0.2) is 4.98 Å². The van der Waals surface area contributed by atoms with Crippen LogP contribution in [0, 0.1) is 34.5 Å². The summed E-state index contributed by atoms with van der Waals surface area (Å²) in [5.41, 5.74) is 2.06. The third kappa shape index (κ3) is 5.32. The van der Waals surface area contributed by atoms with Gasteiger partial charge in [-0.3, -0.25) is 0 Å². The van der Waals surface area contributed by atoms with E-state index in [1.54, 1.807) is 18.0 Å². The summed E-state index contributed by atoms with van der Waals surface area (Å²) in [6.07, 6.45) is 12.9. The van der Waals surface area contributed by atoms with Crippen LogP contribution >= 0.6 is 11.8 Å². The number of nitrogens with one attached hydrogen (secondary N) is 4. The topological polar surface area (TPSA) is 97.7 Å². The van der Waals surface area contributed by atoms with Crippen molar-refractivity contribution in [1.82, 2.24) is 20.6 Å². The zero-order valence-corrected chi connectivity index (χ0v) is 22.6. The summed E-state index contributed by atoms with van der Waals surface area (Å²) < 4.78 is 0. The Morgan fingerprint density at radius 3 is 2.65 bits per heavy atom. The molecule has 2 heterocycles. The maximum atomic E-state index is 9.73. The zero-order chi connectivity index (χ0) is 25.2. The van der Waals surface area contributed by atoms with Crippen molar-refractivity contribution in [2.75, 3.05) is 36.5 Å². The van der Waals surface area contributed by atoms with Crippen LogP contribution in [0.5, 0.6) is 0 Å². The van der Waals surface area contributed by atoms with Gasteiger partial charge in [-0.05, 0) is 99.1 Å². The predicted molar refractivity (Wildman–Crippen MR) is 150 cm³/mol. The van der Waals surface area contributed by atoms with Gasteiger partial charge in [0.05, 0.1) is 6.20 Å². The average molecular weight is 518 g/mol. The van der Waals surface area contributed by atoms with Gasteiger partial charge in [0.1, 0.15) is 17.5 Å². The molecule has 1 aromatic carbocycles. The lowest BCUT2D eigenvalue weighted by atomic mass is 9.48. The first-order chi connectivity index (χ1) is 18.1. The molecule has 196 valence electrons. The average Bonchev–Trinajstić information content (AvgIpc) is 2.93. The number of hydrogen-bond acceptors (Lipinski definition) is 8. The van der Waals surface area contributed by atoms with Crippen LogP contribution in [0.1, 0.15) is 56.1 Å². The van der Waals surface area contributed by atoms with Crippen molar-refractivity contribution < 1.29 is 0 Å². The minimum atomic E-state index is 0.325. The number of nitriles is 1. The second-order valence-corrected chi connectivity index (χ2v) is 12.6. The quantitative estimate of drug-likeness (QED) is 0.358. The number of thioether (sulfide) groups is 1. The minimum absolute atomic E-state index is 0.325. The first kappa shape index (κ1) is 25.0. The van der Waals surface area contributed by atoms with Crippen LogP contribution in [0.15, 0.2) is 35.4 Å². The van der Waals surface area contributed by atoms with Gasteiger partial charge in [0, 0.05) is 30.1 Å². The number of benzene rings is 1. The van der Waals surface area contributed by atoms with Crippen LogP contribution in [-0.4, -0.2) is 47.9 Å². The van der Waals surface area contributed by atoms with Crippen LogP contribution in [0.4, 0.5) is 11.8 Å². The van der Waals surface area contributed by atoms with Gasteiger partial charge in [0.2, 0.25) is 5.95 Å². The summed E-state index contributed by atoms with van der Waals surface area (Å²) in [7, 11) is 0. The summed E-state index contributed by atoms with van der Waals surface area (Å²) >= 11 is 1.74. The molecule has 1 aromatic heterocycles. The lowest BCUT2D eigenvalue weighted by Gasteiger charge is -2.61. The van der Waals surface area contributed by atoms with Crippen molar-refractivity contribution in [1.29, 1.82) is 5.26 Å². The maximum Gasteiger partial charge on any atom is 0.224 e. The van der Waals surface area contributed by atoms with E-state index in [4.69, 9.17) is 4.98 Å². The van der Waals surface area contributed by atoms with Crippen LogP contribution in [0.25, 0.3) is 0 Å². The van der Waals surface area contributed by atoms with E-state index in [2.05, 4.69) is 62.8 Å². The first-order valence-electron chi connectivity index (χ1n) is 14.0. The SMILES string of the molecule is CSc1ccccc1CNc1ncc(C#N)c(NC[C@]23CC4C[C@H](C2)[C@@H](NC2CCNCC2)[C@@H](C4)C3)n1. The normalized spacial score (nSPS) is 30.7. The highest BCUT2D eigenvalue weighted by atomic mass is 32.2. The first-order valence-corrected chi connectivity index (χ1v) is 15.2. The molecule has 5 atom stereocenters.